The number of aryl methyl sites for hydroxylation is 1. The molecule has 1 aromatic carbocycles. The van der Waals surface area contributed by atoms with Gasteiger partial charge in [-0.1, -0.05) is 0 Å². The van der Waals surface area contributed by atoms with Crippen molar-refractivity contribution in [2.24, 2.45) is 11.7 Å². The maximum Gasteiger partial charge on any atom is 0.319 e. The van der Waals surface area contributed by atoms with Gasteiger partial charge in [-0.25, -0.2) is 9.18 Å². The highest BCUT2D eigenvalue weighted by molar-refractivity contribution is 5.90. The number of rotatable bonds is 5. The van der Waals surface area contributed by atoms with E-state index in [0.29, 0.717) is 28.0 Å². The SMILES string of the molecule is Cc1c([C@@H](NC(=O)Nc2cncc(C(N)O)c2)C2CC2)oc2ccc(F)cc12. The molecule has 5 N–H and O–H groups in total. The second kappa shape index (κ2) is 7.21. The van der Waals surface area contributed by atoms with Crippen molar-refractivity contribution < 1.29 is 18.7 Å². The van der Waals surface area contributed by atoms with Gasteiger partial charge in [0.1, 0.15) is 23.4 Å². The third kappa shape index (κ3) is 3.69. The fourth-order valence-electron chi connectivity index (χ4n) is 3.33. The normalized spacial score (nSPS) is 16.0. The van der Waals surface area contributed by atoms with Crippen LogP contribution in [-0.2, 0) is 0 Å². The van der Waals surface area contributed by atoms with Crippen molar-refractivity contribution in [1.29, 1.82) is 0 Å². The molecule has 146 valence electrons. The van der Waals surface area contributed by atoms with Crippen LogP contribution in [-0.4, -0.2) is 16.1 Å². The van der Waals surface area contributed by atoms with E-state index in [1.165, 1.54) is 24.5 Å². The molecule has 1 fully saturated rings. The predicted molar refractivity (Wildman–Crippen MR) is 102 cm³/mol. The smallest absolute Gasteiger partial charge is 0.319 e. The lowest BCUT2D eigenvalue weighted by Gasteiger charge is -2.18. The van der Waals surface area contributed by atoms with E-state index in [-0.39, 0.29) is 17.8 Å². The number of aromatic nitrogens is 1. The quantitative estimate of drug-likeness (QED) is 0.503. The van der Waals surface area contributed by atoms with Crippen LogP contribution >= 0.6 is 0 Å². The van der Waals surface area contributed by atoms with E-state index < -0.39 is 12.3 Å². The molecule has 0 bridgehead atoms. The van der Waals surface area contributed by atoms with E-state index >= 15 is 0 Å². The van der Waals surface area contributed by atoms with Crippen LogP contribution in [0.2, 0.25) is 0 Å². The molecule has 0 aliphatic heterocycles. The zero-order valence-electron chi connectivity index (χ0n) is 15.3. The Bertz CT molecular complexity index is 1030. The van der Waals surface area contributed by atoms with Crippen molar-refractivity contribution in [3.05, 3.63) is 59.4 Å². The van der Waals surface area contributed by atoms with Gasteiger partial charge in [0.05, 0.1) is 17.9 Å². The molecule has 8 heteroatoms. The van der Waals surface area contributed by atoms with Gasteiger partial charge in [-0.05, 0) is 49.9 Å². The van der Waals surface area contributed by atoms with Crippen LogP contribution in [0.5, 0.6) is 0 Å². The largest absolute Gasteiger partial charge is 0.459 e. The number of aliphatic hydroxyl groups is 1. The minimum Gasteiger partial charge on any atom is -0.459 e. The third-order valence-corrected chi connectivity index (χ3v) is 4.96. The molecule has 28 heavy (non-hydrogen) atoms. The lowest BCUT2D eigenvalue weighted by molar-refractivity contribution is 0.186. The standard InChI is InChI=1S/C20H21FN4O3/c1-10-15-7-13(21)4-5-16(15)28-18(10)17(11-2-3-11)25-20(27)24-14-6-12(19(22)26)8-23-9-14/h4-9,11,17,19,26H,2-3,22H2,1H3,(H2,24,25,27)/t17-,19?/m0/s1. The topological polar surface area (TPSA) is 113 Å². The van der Waals surface area contributed by atoms with Crippen molar-refractivity contribution in [2.75, 3.05) is 5.32 Å². The second-order valence-electron chi connectivity index (χ2n) is 7.10. The number of aliphatic hydroxyl groups excluding tert-OH is 1. The minimum absolute atomic E-state index is 0.269. The molecule has 2 atom stereocenters. The average Bonchev–Trinajstić information content (AvgIpc) is 3.45. The van der Waals surface area contributed by atoms with Crippen molar-refractivity contribution in [3.63, 3.8) is 0 Å². The van der Waals surface area contributed by atoms with E-state index in [9.17, 15) is 14.3 Å². The molecule has 0 saturated heterocycles. The number of hydrogen-bond acceptors (Lipinski definition) is 5. The number of nitrogens with two attached hydrogens (primary N) is 1. The van der Waals surface area contributed by atoms with E-state index in [1.54, 1.807) is 12.1 Å². The van der Waals surface area contributed by atoms with Crippen LogP contribution in [0.3, 0.4) is 0 Å². The number of carbonyl (C=O) groups excluding carboxylic acids is 1. The monoisotopic (exact) mass is 384 g/mol. The van der Waals surface area contributed by atoms with E-state index in [4.69, 9.17) is 10.2 Å². The Morgan fingerprint density at radius 1 is 1.36 bits per heavy atom. The number of furan rings is 1. The predicted octanol–water partition coefficient (Wildman–Crippen LogP) is 3.50. The third-order valence-electron chi connectivity index (χ3n) is 4.96. The van der Waals surface area contributed by atoms with Gasteiger partial charge in [0.15, 0.2) is 0 Å². The van der Waals surface area contributed by atoms with E-state index in [2.05, 4.69) is 15.6 Å². The zero-order valence-corrected chi connectivity index (χ0v) is 15.3. The summed E-state index contributed by atoms with van der Waals surface area (Å²) in [7, 11) is 0. The molecule has 0 radical (unpaired) electrons. The molecule has 1 aliphatic carbocycles. The van der Waals surface area contributed by atoms with Gasteiger partial charge in [-0.2, -0.15) is 0 Å². The number of urea groups is 1. The summed E-state index contributed by atoms with van der Waals surface area (Å²) in [6, 6.07) is 5.21. The van der Waals surface area contributed by atoms with Gasteiger partial charge in [0, 0.05) is 22.7 Å². The molecular formula is C20H21FN4O3. The van der Waals surface area contributed by atoms with Gasteiger partial charge < -0.3 is 25.9 Å². The Balaban J connectivity index is 1.55. The van der Waals surface area contributed by atoms with Crippen LogP contribution in [0.25, 0.3) is 11.0 Å². The first-order valence-electron chi connectivity index (χ1n) is 9.07. The molecule has 1 unspecified atom stereocenters. The highest BCUT2D eigenvalue weighted by Crippen LogP contribution is 2.44. The summed E-state index contributed by atoms with van der Waals surface area (Å²) in [4.78, 5) is 16.5. The van der Waals surface area contributed by atoms with Crippen LogP contribution < -0.4 is 16.4 Å². The van der Waals surface area contributed by atoms with Gasteiger partial charge in [0.25, 0.3) is 0 Å². The summed E-state index contributed by atoms with van der Waals surface area (Å²) in [5.74, 6) is 0.582. The molecule has 1 aliphatic rings. The Morgan fingerprint density at radius 3 is 2.86 bits per heavy atom. The molecular weight excluding hydrogens is 363 g/mol. The summed E-state index contributed by atoms with van der Waals surface area (Å²) in [5, 5.41) is 15.8. The van der Waals surface area contributed by atoms with Gasteiger partial charge in [0.2, 0.25) is 0 Å². The van der Waals surface area contributed by atoms with Gasteiger partial charge >= 0.3 is 6.03 Å². The first kappa shape index (κ1) is 18.4. The Kier molecular flexibility index (Phi) is 4.74. The number of carbonyl (C=O) groups is 1. The zero-order chi connectivity index (χ0) is 19.8. The number of pyridine rings is 1. The highest BCUT2D eigenvalue weighted by atomic mass is 19.1. The summed E-state index contributed by atoms with van der Waals surface area (Å²) in [5.41, 5.74) is 7.65. The van der Waals surface area contributed by atoms with Crippen LogP contribution in [0.1, 0.15) is 42.0 Å². The highest BCUT2D eigenvalue weighted by Gasteiger charge is 2.37. The summed E-state index contributed by atoms with van der Waals surface area (Å²) in [6.07, 6.45) is 3.68. The van der Waals surface area contributed by atoms with Crippen molar-refractivity contribution in [3.8, 4) is 0 Å². The minimum atomic E-state index is -1.17. The molecule has 2 heterocycles. The van der Waals surface area contributed by atoms with Crippen LogP contribution in [0.4, 0.5) is 14.9 Å². The first-order valence-corrected chi connectivity index (χ1v) is 9.07. The number of nitrogens with one attached hydrogen (secondary N) is 2. The Hall–Kier alpha value is -2.97. The molecule has 7 nitrogen and oxygen atoms in total. The number of nitrogens with zero attached hydrogens (tertiary/aromatic N) is 1. The second-order valence-corrected chi connectivity index (χ2v) is 7.10. The summed E-state index contributed by atoms with van der Waals surface area (Å²) < 4.78 is 19.5. The Labute approximate surface area is 160 Å². The van der Waals surface area contributed by atoms with Crippen molar-refractivity contribution in [2.45, 2.75) is 32.0 Å². The van der Waals surface area contributed by atoms with Gasteiger partial charge in [-0.15, -0.1) is 0 Å². The average molecular weight is 384 g/mol. The fourth-order valence-corrected chi connectivity index (χ4v) is 3.33. The maximum absolute atomic E-state index is 13.6. The Morgan fingerprint density at radius 2 is 2.14 bits per heavy atom. The van der Waals surface area contributed by atoms with Crippen molar-refractivity contribution in [1.82, 2.24) is 10.3 Å². The lowest BCUT2D eigenvalue weighted by Crippen LogP contribution is -2.34. The summed E-state index contributed by atoms with van der Waals surface area (Å²) in [6.45, 7) is 1.87. The number of anilines is 1. The molecule has 2 aromatic heterocycles. The first-order chi connectivity index (χ1) is 13.4. The molecule has 1 saturated carbocycles. The van der Waals surface area contributed by atoms with Gasteiger partial charge in [-0.3, -0.25) is 4.98 Å². The van der Waals surface area contributed by atoms with Crippen molar-refractivity contribution >= 4 is 22.7 Å². The number of halogens is 1. The lowest BCUT2D eigenvalue weighted by atomic mass is 10.0. The number of hydrogen-bond donors (Lipinski definition) is 4. The molecule has 0 spiro atoms. The summed E-state index contributed by atoms with van der Waals surface area (Å²) >= 11 is 0. The molecule has 2 amide bonds. The maximum atomic E-state index is 13.6. The van der Waals surface area contributed by atoms with E-state index in [0.717, 1.165) is 18.4 Å². The number of benzene rings is 1. The molecule has 3 aromatic rings. The van der Waals surface area contributed by atoms with Crippen LogP contribution in [0, 0.1) is 18.7 Å². The van der Waals surface area contributed by atoms with E-state index in [1.807, 2.05) is 6.92 Å². The fraction of sp³-hybridized carbons (Fsp3) is 0.300. The van der Waals surface area contributed by atoms with Crippen LogP contribution in [0.15, 0.2) is 41.1 Å². The molecule has 4 rings (SSSR count). The number of fused-ring (bicyclic) bond motifs is 1. The number of amides is 2.